The first kappa shape index (κ1) is 6.85. The number of fused-ring (bicyclic) bond motifs is 1. The fourth-order valence-electron chi connectivity index (χ4n) is 1.54. The van der Waals surface area contributed by atoms with Gasteiger partial charge in [-0.25, -0.2) is 4.98 Å². The Balaban J connectivity index is 2.18. The van der Waals surface area contributed by atoms with E-state index in [0.29, 0.717) is 0 Å². The number of hydrogen-bond donors (Lipinski definition) is 0. The van der Waals surface area contributed by atoms with Crippen LogP contribution < -0.4 is 0 Å². The van der Waals surface area contributed by atoms with E-state index in [0.717, 1.165) is 25.4 Å². The van der Waals surface area contributed by atoms with Crippen molar-refractivity contribution >= 4 is 0 Å². The van der Waals surface area contributed by atoms with Gasteiger partial charge in [0.1, 0.15) is 11.9 Å². The highest BCUT2D eigenvalue weighted by molar-refractivity contribution is 5.01. The second kappa shape index (κ2) is 2.66. The number of imidazole rings is 1. The van der Waals surface area contributed by atoms with Crippen molar-refractivity contribution in [3.63, 3.8) is 0 Å². The minimum Gasteiger partial charge on any atom is -0.371 e. The number of aromatic nitrogens is 2. The summed E-state index contributed by atoms with van der Waals surface area (Å²) in [5.41, 5.74) is 0. The second-order valence-corrected chi connectivity index (χ2v) is 2.71. The van der Waals surface area contributed by atoms with E-state index < -0.39 is 0 Å². The Bertz CT molecular complexity index is 244. The van der Waals surface area contributed by atoms with Crippen LogP contribution in [-0.2, 0) is 11.3 Å². The number of nitrogens with zero attached hydrogens (tertiary/aromatic N) is 2. The Kier molecular flexibility index (Phi) is 1.66. The molecule has 0 fully saturated rings. The predicted molar refractivity (Wildman–Crippen MR) is 41.2 cm³/mol. The minimum atomic E-state index is 0.245. The molecule has 0 N–H and O–H groups in total. The average Bonchev–Trinajstić information content (AvgIpc) is 2.53. The summed E-state index contributed by atoms with van der Waals surface area (Å²) in [6.45, 7) is 3.85. The molecule has 0 amide bonds. The topological polar surface area (TPSA) is 27.1 Å². The van der Waals surface area contributed by atoms with E-state index in [1.165, 1.54) is 0 Å². The lowest BCUT2D eigenvalue weighted by atomic mass is 10.3. The van der Waals surface area contributed by atoms with Gasteiger partial charge in [-0.15, -0.1) is 0 Å². The van der Waals surface area contributed by atoms with Crippen LogP contribution in [0.15, 0.2) is 12.4 Å². The van der Waals surface area contributed by atoms with Gasteiger partial charge in [0.15, 0.2) is 0 Å². The molecule has 1 aromatic rings. The summed E-state index contributed by atoms with van der Waals surface area (Å²) in [4.78, 5) is 4.23. The maximum Gasteiger partial charge on any atom is 0.137 e. The molecule has 1 atom stereocenters. The third kappa shape index (κ3) is 1.05. The molecule has 0 saturated carbocycles. The van der Waals surface area contributed by atoms with Gasteiger partial charge in [-0.05, 0) is 13.3 Å². The first-order valence-electron chi connectivity index (χ1n) is 4.04. The van der Waals surface area contributed by atoms with Crippen molar-refractivity contribution in [3.8, 4) is 0 Å². The highest BCUT2D eigenvalue weighted by Crippen LogP contribution is 2.26. The van der Waals surface area contributed by atoms with Crippen molar-refractivity contribution in [1.29, 1.82) is 0 Å². The van der Waals surface area contributed by atoms with Crippen LogP contribution in [0.5, 0.6) is 0 Å². The van der Waals surface area contributed by atoms with Gasteiger partial charge in [0.2, 0.25) is 0 Å². The highest BCUT2D eigenvalue weighted by Gasteiger charge is 2.23. The molecular formula is C8H12N2O. The first-order chi connectivity index (χ1) is 5.42. The molecule has 2 heterocycles. The number of aryl methyl sites for hydroxylation is 1. The predicted octanol–water partition coefficient (Wildman–Crippen LogP) is 1.36. The van der Waals surface area contributed by atoms with Crippen LogP contribution in [0.3, 0.4) is 0 Å². The molecule has 3 nitrogen and oxygen atoms in total. The van der Waals surface area contributed by atoms with Gasteiger partial charge in [0, 0.05) is 25.5 Å². The molecule has 11 heavy (non-hydrogen) atoms. The van der Waals surface area contributed by atoms with E-state index >= 15 is 0 Å². The van der Waals surface area contributed by atoms with Crippen molar-refractivity contribution in [2.45, 2.75) is 26.0 Å². The van der Waals surface area contributed by atoms with Crippen molar-refractivity contribution in [2.75, 3.05) is 6.61 Å². The van der Waals surface area contributed by atoms with Crippen molar-refractivity contribution < 1.29 is 4.74 Å². The van der Waals surface area contributed by atoms with Crippen molar-refractivity contribution in [1.82, 2.24) is 9.55 Å². The molecule has 1 aliphatic heterocycles. The Labute approximate surface area is 66.0 Å². The van der Waals surface area contributed by atoms with E-state index in [1.54, 1.807) is 0 Å². The van der Waals surface area contributed by atoms with E-state index in [1.807, 2.05) is 19.3 Å². The fraction of sp³-hybridized carbons (Fsp3) is 0.625. The maximum atomic E-state index is 5.50. The summed E-state index contributed by atoms with van der Waals surface area (Å²) < 4.78 is 7.66. The molecule has 3 heteroatoms. The molecule has 0 saturated heterocycles. The molecular weight excluding hydrogens is 140 g/mol. The zero-order valence-corrected chi connectivity index (χ0v) is 6.66. The second-order valence-electron chi connectivity index (χ2n) is 2.71. The fourth-order valence-corrected chi connectivity index (χ4v) is 1.54. The quantitative estimate of drug-likeness (QED) is 0.639. The monoisotopic (exact) mass is 152 g/mol. The van der Waals surface area contributed by atoms with Gasteiger partial charge >= 0.3 is 0 Å². The zero-order valence-electron chi connectivity index (χ0n) is 6.66. The van der Waals surface area contributed by atoms with Gasteiger partial charge in [0.05, 0.1) is 0 Å². The summed E-state index contributed by atoms with van der Waals surface area (Å²) in [5.74, 6) is 1.09. The molecule has 0 aliphatic carbocycles. The van der Waals surface area contributed by atoms with Gasteiger partial charge in [-0.1, -0.05) is 0 Å². The maximum absolute atomic E-state index is 5.50. The lowest BCUT2D eigenvalue weighted by molar-refractivity contribution is 0.0612. The van der Waals surface area contributed by atoms with Crippen LogP contribution in [0.25, 0.3) is 0 Å². The minimum absolute atomic E-state index is 0.245. The molecule has 1 aromatic heterocycles. The molecule has 0 radical (unpaired) electrons. The molecule has 0 aromatic carbocycles. The Morgan fingerprint density at radius 2 is 2.73 bits per heavy atom. The standard InChI is InChI=1S/C8H12N2O/c1-2-11-7-3-5-10-6-4-9-8(7)10/h4,6-7H,2-3,5H2,1H3/t7-/m1/s1. The van der Waals surface area contributed by atoms with Crippen LogP contribution in [-0.4, -0.2) is 16.2 Å². The Morgan fingerprint density at radius 3 is 3.55 bits per heavy atom. The van der Waals surface area contributed by atoms with E-state index in [-0.39, 0.29) is 6.10 Å². The molecule has 0 spiro atoms. The van der Waals surface area contributed by atoms with Gasteiger partial charge < -0.3 is 9.30 Å². The van der Waals surface area contributed by atoms with Crippen molar-refractivity contribution in [2.24, 2.45) is 0 Å². The molecule has 60 valence electrons. The van der Waals surface area contributed by atoms with Crippen molar-refractivity contribution in [3.05, 3.63) is 18.2 Å². The smallest absolute Gasteiger partial charge is 0.137 e. The number of hydrogen-bond acceptors (Lipinski definition) is 2. The third-order valence-electron chi connectivity index (χ3n) is 2.04. The average molecular weight is 152 g/mol. The Morgan fingerprint density at radius 1 is 1.82 bits per heavy atom. The van der Waals surface area contributed by atoms with E-state index in [9.17, 15) is 0 Å². The zero-order chi connectivity index (χ0) is 7.68. The SMILES string of the molecule is CCO[C@@H]1CCn2ccnc21. The lowest BCUT2D eigenvalue weighted by Gasteiger charge is -2.06. The van der Waals surface area contributed by atoms with Crippen LogP contribution in [0.1, 0.15) is 25.3 Å². The largest absolute Gasteiger partial charge is 0.371 e. The number of ether oxygens (including phenoxy) is 1. The van der Waals surface area contributed by atoms with Crippen LogP contribution in [0, 0.1) is 0 Å². The highest BCUT2D eigenvalue weighted by atomic mass is 16.5. The summed E-state index contributed by atoms with van der Waals surface area (Å²) >= 11 is 0. The first-order valence-corrected chi connectivity index (χ1v) is 4.04. The van der Waals surface area contributed by atoms with Crippen LogP contribution >= 0.6 is 0 Å². The lowest BCUT2D eigenvalue weighted by Crippen LogP contribution is -2.00. The molecule has 0 unspecified atom stereocenters. The molecule has 1 aliphatic rings. The van der Waals surface area contributed by atoms with Gasteiger partial charge in [-0.2, -0.15) is 0 Å². The summed E-state index contributed by atoms with van der Waals surface area (Å²) in [7, 11) is 0. The normalized spacial score (nSPS) is 22.1. The third-order valence-corrected chi connectivity index (χ3v) is 2.04. The van der Waals surface area contributed by atoms with E-state index in [2.05, 4.69) is 9.55 Å². The van der Waals surface area contributed by atoms with Crippen LogP contribution in [0.2, 0.25) is 0 Å². The van der Waals surface area contributed by atoms with Gasteiger partial charge in [0.25, 0.3) is 0 Å². The molecule has 0 bridgehead atoms. The van der Waals surface area contributed by atoms with Gasteiger partial charge in [-0.3, -0.25) is 0 Å². The molecule has 2 rings (SSSR count). The Hall–Kier alpha value is -0.830. The summed E-state index contributed by atoms with van der Waals surface area (Å²) in [6, 6.07) is 0. The number of rotatable bonds is 2. The van der Waals surface area contributed by atoms with E-state index in [4.69, 9.17) is 4.74 Å². The summed E-state index contributed by atoms with van der Waals surface area (Å²) in [6.07, 6.45) is 5.17. The van der Waals surface area contributed by atoms with Crippen LogP contribution in [0.4, 0.5) is 0 Å². The summed E-state index contributed by atoms with van der Waals surface area (Å²) in [5, 5.41) is 0.